The number of aryl methyl sites for hydroxylation is 1. The summed E-state index contributed by atoms with van der Waals surface area (Å²) in [5, 5.41) is 3.67. The van der Waals surface area contributed by atoms with Crippen molar-refractivity contribution >= 4 is 11.3 Å². The summed E-state index contributed by atoms with van der Waals surface area (Å²) >= 11 is 1.87. The van der Waals surface area contributed by atoms with Crippen molar-refractivity contribution in [3.8, 4) is 5.75 Å². The Hall–Kier alpha value is -1.32. The SMILES string of the molecule is COc1ccc(CC(C)NC(C)c2ccc(C)s2)cc1. The van der Waals surface area contributed by atoms with Crippen molar-refractivity contribution in [3.05, 3.63) is 51.7 Å². The Kier molecular flexibility index (Phi) is 5.21. The van der Waals surface area contributed by atoms with Crippen LogP contribution in [0.15, 0.2) is 36.4 Å². The topological polar surface area (TPSA) is 21.3 Å². The number of benzene rings is 1. The third-order valence-corrected chi connectivity index (χ3v) is 4.61. The van der Waals surface area contributed by atoms with E-state index in [4.69, 9.17) is 4.74 Å². The zero-order valence-corrected chi connectivity index (χ0v) is 13.5. The number of hydrogen-bond donors (Lipinski definition) is 1. The lowest BCUT2D eigenvalue weighted by atomic mass is 10.1. The van der Waals surface area contributed by atoms with Crippen LogP contribution in [0.5, 0.6) is 5.75 Å². The third-order valence-electron chi connectivity index (χ3n) is 3.42. The van der Waals surface area contributed by atoms with E-state index in [0.29, 0.717) is 12.1 Å². The van der Waals surface area contributed by atoms with Crippen LogP contribution < -0.4 is 10.1 Å². The molecule has 0 saturated heterocycles. The number of rotatable bonds is 6. The summed E-state index contributed by atoms with van der Waals surface area (Å²) in [6.45, 7) is 6.62. The van der Waals surface area contributed by atoms with Crippen LogP contribution in [0, 0.1) is 6.92 Å². The van der Waals surface area contributed by atoms with Crippen LogP contribution >= 0.6 is 11.3 Å². The van der Waals surface area contributed by atoms with Crippen molar-refractivity contribution in [1.82, 2.24) is 5.32 Å². The second-order valence-corrected chi connectivity index (χ2v) is 6.61. The van der Waals surface area contributed by atoms with E-state index < -0.39 is 0 Å². The van der Waals surface area contributed by atoms with Crippen LogP contribution in [0.2, 0.25) is 0 Å². The van der Waals surface area contributed by atoms with Crippen molar-refractivity contribution in [2.24, 2.45) is 0 Å². The molecule has 0 aliphatic carbocycles. The molecule has 1 aromatic heterocycles. The molecule has 2 atom stereocenters. The summed E-state index contributed by atoms with van der Waals surface area (Å²) in [4.78, 5) is 2.78. The molecule has 2 unspecified atom stereocenters. The number of nitrogens with one attached hydrogen (secondary N) is 1. The van der Waals surface area contributed by atoms with Gasteiger partial charge in [-0.25, -0.2) is 0 Å². The van der Waals surface area contributed by atoms with Crippen LogP contribution in [0.3, 0.4) is 0 Å². The molecule has 0 aliphatic heterocycles. The first-order valence-corrected chi connectivity index (χ1v) is 7.85. The molecule has 1 aromatic carbocycles. The quantitative estimate of drug-likeness (QED) is 0.853. The van der Waals surface area contributed by atoms with Gasteiger partial charge in [-0.05, 0) is 57.0 Å². The molecule has 2 rings (SSSR count). The van der Waals surface area contributed by atoms with Crippen molar-refractivity contribution in [2.45, 2.75) is 39.3 Å². The second kappa shape index (κ2) is 6.91. The highest BCUT2D eigenvalue weighted by atomic mass is 32.1. The van der Waals surface area contributed by atoms with Gasteiger partial charge in [0.05, 0.1) is 7.11 Å². The minimum absolute atomic E-state index is 0.405. The van der Waals surface area contributed by atoms with E-state index in [1.165, 1.54) is 15.3 Å². The lowest BCUT2D eigenvalue weighted by molar-refractivity contribution is 0.414. The van der Waals surface area contributed by atoms with Gasteiger partial charge in [0.2, 0.25) is 0 Å². The van der Waals surface area contributed by atoms with E-state index in [2.05, 4.69) is 50.4 Å². The zero-order valence-electron chi connectivity index (χ0n) is 12.6. The van der Waals surface area contributed by atoms with Crippen LogP contribution in [0.4, 0.5) is 0 Å². The number of ether oxygens (including phenoxy) is 1. The Morgan fingerprint density at radius 3 is 2.35 bits per heavy atom. The van der Waals surface area contributed by atoms with Crippen molar-refractivity contribution < 1.29 is 4.74 Å². The van der Waals surface area contributed by atoms with Gasteiger partial charge in [-0.2, -0.15) is 0 Å². The summed E-state index contributed by atoms with van der Waals surface area (Å²) < 4.78 is 5.18. The van der Waals surface area contributed by atoms with E-state index in [9.17, 15) is 0 Å². The molecule has 0 saturated carbocycles. The van der Waals surface area contributed by atoms with Crippen LogP contribution in [0.25, 0.3) is 0 Å². The van der Waals surface area contributed by atoms with Crippen molar-refractivity contribution in [2.75, 3.05) is 7.11 Å². The Morgan fingerprint density at radius 1 is 1.10 bits per heavy atom. The van der Waals surface area contributed by atoms with Crippen LogP contribution in [0.1, 0.15) is 35.2 Å². The van der Waals surface area contributed by atoms with Gasteiger partial charge < -0.3 is 10.1 Å². The molecule has 0 bridgehead atoms. The molecule has 0 spiro atoms. The largest absolute Gasteiger partial charge is 0.497 e. The monoisotopic (exact) mass is 289 g/mol. The van der Waals surface area contributed by atoms with Gasteiger partial charge >= 0.3 is 0 Å². The van der Waals surface area contributed by atoms with Gasteiger partial charge in [-0.3, -0.25) is 0 Å². The van der Waals surface area contributed by atoms with E-state index in [1.54, 1.807) is 7.11 Å². The molecule has 2 nitrogen and oxygen atoms in total. The molecule has 0 amide bonds. The van der Waals surface area contributed by atoms with Crippen LogP contribution in [-0.2, 0) is 6.42 Å². The highest BCUT2D eigenvalue weighted by Crippen LogP contribution is 2.23. The highest BCUT2D eigenvalue weighted by Gasteiger charge is 2.11. The Labute approximate surface area is 125 Å². The fourth-order valence-electron chi connectivity index (χ4n) is 2.37. The first-order valence-electron chi connectivity index (χ1n) is 7.04. The molecular weight excluding hydrogens is 266 g/mol. The predicted octanol–water partition coefficient (Wildman–Crippen LogP) is 4.35. The number of methoxy groups -OCH3 is 1. The molecule has 1 N–H and O–H groups in total. The lowest BCUT2D eigenvalue weighted by Gasteiger charge is -2.19. The van der Waals surface area contributed by atoms with Crippen molar-refractivity contribution in [1.29, 1.82) is 0 Å². The van der Waals surface area contributed by atoms with Gasteiger partial charge in [0, 0.05) is 21.8 Å². The Bertz CT molecular complexity index is 532. The molecule has 20 heavy (non-hydrogen) atoms. The normalized spacial score (nSPS) is 14.0. The molecule has 0 radical (unpaired) electrons. The summed E-state index contributed by atoms with van der Waals surface area (Å²) in [6, 6.07) is 13.6. The minimum atomic E-state index is 0.405. The summed E-state index contributed by atoms with van der Waals surface area (Å²) in [7, 11) is 1.70. The molecule has 2 aromatic rings. The minimum Gasteiger partial charge on any atom is -0.497 e. The molecule has 3 heteroatoms. The summed E-state index contributed by atoms with van der Waals surface area (Å²) in [6.07, 6.45) is 1.03. The first kappa shape index (κ1) is 15.1. The van der Waals surface area contributed by atoms with Gasteiger partial charge in [0.25, 0.3) is 0 Å². The highest BCUT2D eigenvalue weighted by molar-refractivity contribution is 7.12. The van der Waals surface area contributed by atoms with Gasteiger partial charge in [0.15, 0.2) is 0 Å². The van der Waals surface area contributed by atoms with Gasteiger partial charge in [0.1, 0.15) is 5.75 Å². The summed E-state index contributed by atoms with van der Waals surface area (Å²) in [5.41, 5.74) is 1.33. The number of hydrogen-bond acceptors (Lipinski definition) is 3. The van der Waals surface area contributed by atoms with E-state index in [0.717, 1.165) is 12.2 Å². The first-order chi connectivity index (χ1) is 9.58. The molecular formula is C17H23NOS. The number of thiophene rings is 1. The average Bonchev–Trinajstić information content (AvgIpc) is 2.86. The van der Waals surface area contributed by atoms with E-state index in [-0.39, 0.29) is 0 Å². The van der Waals surface area contributed by atoms with Crippen molar-refractivity contribution in [3.63, 3.8) is 0 Å². The zero-order chi connectivity index (χ0) is 14.5. The Morgan fingerprint density at radius 2 is 1.80 bits per heavy atom. The molecule has 0 aliphatic rings. The standard InChI is InChI=1S/C17H23NOS/c1-12(11-15-6-8-16(19-4)9-7-15)18-14(3)17-10-5-13(2)20-17/h5-10,12,14,18H,11H2,1-4H3. The fourth-order valence-corrected chi connectivity index (χ4v) is 3.26. The van der Waals surface area contributed by atoms with Gasteiger partial charge in [-0.1, -0.05) is 12.1 Å². The smallest absolute Gasteiger partial charge is 0.118 e. The van der Waals surface area contributed by atoms with Crippen LogP contribution in [-0.4, -0.2) is 13.2 Å². The Balaban J connectivity index is 1.89. The third kappa shape index (κ3) is 4.09. The maximum Gasteiger partial charge on any atom is 0.118 e. The lowest BCUT2D eigenvalue weighted by Crippen LogP contribution is -2.30. The molecule has 0 fully saturated rings. The maximum atomic E-state index is 5.18. The maximum absolute atomic E-state index is 5.18. The van der Waals surface area contributed by atoms with Gasteiger partial charge in [-0.15, -0.1) is 11.3 Å². The fraction of sp³-hybridized carbons (Fsp3) is 0.412. The predicted molar refractivity (Wildman–Crippen MR) is 86.8 cm³/mol. The van der Waals surface area contributed by atoms with E-state index >= 15 is 0 Å². The molecule has 108 valence electrons. The average molecular weight is 289 g/mol. The summed E-state index contributed by atoms with van der Waals surface area (Å²) in [5.74, 6) is 0.914. The molecule has 1 heterocycles. The second-order valence-electron chi connectivity index (χ2n) is 5.29. The van der Waals surface area contributed by atoms with E-state index in [1.807, 2.05) is 23.5 Å².